The highest BCUT2D eigenvalue weighted by atomic mass is 35.5. The molecule has 0 amide bonds. The maximum absolute atomic E-state index is 13.2. The number of nitrogens with zero attached hydrogens (tertiary/aromatic N) is 4. The number of halogens is 2. The first-order chi connectivity index (χ1) is 11.6. The molecule has 0 saturated carbocycles. The molecular formula is C18H12ClFN4. The normalized spacial score (nSPS) is 11.1. The second kappa shape index (κ2) is 5.69. The Morgan fingerprint density at radius 2 is 1.92 bits per heavy atom. The van der Waals surface area contributed by atoms with Gasteiger partial charge in [-0.2, -0.15) is 5.10 Å². The highest BCUT2D eigenvalue weighted by Crippen LogP contribution is 2.34. The van der Waals surface area contributed by atoms with Crippen molar-refractivity contribution in [3.05, 3.63) is 65.8 Å². The molecule has 118 valence electrons. The summed E-state index contributed by atoms with van der Waals surface area (Å²) >= 11 is 6.06. The molecular weight excluding hydrogens is 327 g/mol. The van der Waals surface area contributed by atoms with Crippen LogP contribution in [-0.2, 0) is 7.05 Å². The van der Waals surface area contributed by atoms with E-state index in [9.17, 15) is 4.39 Å². The fourth-order valence-electron chi connectivity index (χ4n) is 2.75. The quantitative estimate of drug-likeness (QED) is 0.541. The number of rotatable bonds is 2. The molecule has 4 nitrogen and oxygen atoms in total. The lowest BCUT2D eigenvalue weighted by Crippen LogP contribution is -1.91. The van der Waals surface area contributed by atoms with Gasteiger partial charge in [-0.15, -0.1) is 0 Å². The van der Waals surface area contributed by atoms with Crippen molar-refractivity contribution in [1.82, 2.24) is 19.7 Å². The van der Waals surface area contributed by atoms with Crippen LogP contribution in [-0.4, -0.2) is 19.7 Å². The predicted molar refractivity (Wildman–Crippen MR) is 92.1 cm³/mol. The van der Waals surface area contributed by atoms with Crippen LogP contribution in [0.15, 0.2) is 55.0 Å². The highest BCUT2D eigenvalue weighted by molar-refractivity contribution is 6.31. The zero-order chi connectivity index (χ0) is 16.7. The average Bonchev–Trinajstić information content (AvgIpc) is 2.96. The first-order valence-corrected chi connectivity index (χ1v) is 7.70. The summed E-state index contributed by atoms with van der Waals surface area (Å²) in [5.74, 6) is -0.375. The minimum Gasteiger partial charge on any atom is -0.274 e. The SMILES string of the molecule is Cn1cc(-c2ccnc3cc(Cl)ccc23)c(-c2ccc(F)cn2)n1. The van der Waals surface area contributed by atoms with E-state index in [1.807, 2.05) is 37.5 Å². The van der Waals surface area contributed by atoms with Gasteiger partial charge in [0.15, 0.2) is 0 Å². The summed E-state index contributed by atoms with van der Waals surface area (Å²) in [7, 11) is 1.84. The maximum Gasteiger partial charge on any atom is 0.141 e. The number of fused-ring (bicyclic) bond motifs is 1. The predicted octanol–water partition coefficient (Wildman–Crippen LogP) is 4.49. The summed E-state index contributed by atoms with van der Waals surface area (Å²) in [6, 6.07) is 10.5. The highest BCUT2D eigenvalue weighted by Gasteiger charge is 2.16. The van der Waals surface area contributed by atoms with Crippen molar-refractivity contribution in [2.45, 2.75) is 0 Å². The van der Waals surface area contributed by atoms with Gasteiger partial charge in [-0.3, -0.25) is 14.6 Å². The van der Waals surface area contributed by atoms with Gasteiger partial charge in [0.25, 0.3) is 0 Å². The standard InChI is InChI=1S/C18H12ClFN4/c1-24-10-15(18(23-24)16-5-3-12(20)9-22-16)13-6-7-21-17-8-11(19)2-4-14(13)17/h2-10H,1H3. The van der Waals surface area contributed by atoms with Crippen LogP contribution < -0.4 is 0 Å². The lowest BCUT2D eigenvalue weighted by molar-refractivity contribution is 0.621. The second-order valence-corrected chi connectivity index (χ2v) is 5.88. The van der Waals surface area contributed by atoms with Gasteiger partial charge < -0.3 is 0 Å². The lowest BCUT2D eigenvalue weighted by Gasteiger charge is -2.06. The van der Waals surface area contributed by atoms with Crippen LogP contribution in [0.5, 0.6) is 0 Å². The second-order valence-electron chi connectivity index (χ2n) is 5.45. The molecule has 0 radical (unpaired) electrons. The molecule has 4 rings (SSSR count). The molecule has 4 aromatic rings. The minimum atomic E-state index is -0.375. The fraction of sp³-hybridized carbons (Fsp3) is 0.0556. The van der Waals surface area contributed by atoms with E-state index in [1.165, 1.54) is 12.3 Å². The Hall–Kier alpha value is -2.79. The number of hydrogen-bond acceptors (Lipinski definition) is 3. The van der Waals surface area contributed by atoms with E-state index in [1.54, 1.807) is 16.9 Å². The molecule has 0 N–H and O–H groups in total. The Bertz CT molecular complexity index is 1040. The third-order valence-electron chi connectivity index (χ3n) is 3.79. The molecule has 0 aliphatic heterocycles. The Labute approximate surface area is 142 Å². The molecule has 6 heteroatoms. The summed E-state index contributed by atoms with van der Waals surface area (Å²) in [6.07, 6.45) is 4.85. The summed E-state index contributed by atoms with van der Waals surface area (Å²) in [5.41, 5.74) is 4.00. The van der Waals surface area contributed by atoms with Crippen LogP contribution in [0.1, 0.15) is 0 Å². The van der Waals surface area contributed by atoms with Crippen LogP contribution in [0.25, 0.3) is 33.4 Å². The van der Waals surface area contributed by atoms with Crippen molar-refractivity contribution in [1.29, 1.82) is 0 Å². The molecule has 0 atom stereocenters. The van der Waals surface area contributed by atoms with Crippen molar-refractivity contribution < 1.29 is 4.39 Å². The van der Waals surface area contributed by atoms with E-state index in [4.69, 9.17) is 11.6 Å². The smallest absolute Gasteiger partial charge is 0.141 e. The molecule has 0 saturated heterocycles. The molecule has 0 fully saturated rings. The number of pyridine rings is 2. The lowest BCUT2D eigenvalue weighted by atomic mass is 10.0. The molecule has 0 unspecified atom stereocenters. The van der Waals surface area contributed by atoms with E-state index in [2.05, 4.69) is 15.1 Å². The Kier molecular flexibility index (Phi) is 3.50. The van der Waals surface area contributed by atoms with Crippen LogP contribution in [0.3, 0.4) is 0 Å². The first kappa shape index (κ1) is 14.8. The summed E-state index contributed by atoms with van der Waals surface area (Å²) in [5, 5.41) is 6.10. The summed E-state index contributed by atoms with van der Waals surface area (Å²) < 4.78 is 14.9. The molecule has 1 aromatic carbocycles. The van der Waals surface area contributed by atoms with Crippen LogP contribution >= 0.6 is 11.6 Å². The molecule has 0 spiro atoms. The molecule has 0 bridgehead atoms. The van der Waals surface area contributed by atoms with Gasteiger partial charge in [0.2, 0.25) is 0 Å². The Morgan fingerprint density at radius 1 is 1.04 bits per heavy atom. The van der Waals surface area contributed by atoms with Crippen LogP contribution in [0.4, 0.5) is 4.39 Å². The average molecular weight is 339 g/mol. The van der Waals surface area contributed by atoms with Gasteiger partial charge in [-0.25, -0.2) is 4.39 Å². The van der Waals surface area contributed by atoms with Gasteiger partial charge in [-0.1, -0.05) is 17.7 Å². The largest absolute Gasteiger partial charge is 0.274 e. The van der Waals surface area contributed by atoms with Crippen LogP contribution in [0, 0.1) is 5.82 Å². The Balaban J connectivity index is 1.96. The third-order valence-corrected chi connectivity index (χ3v) is 4.03. The first-order valence-electron chi connectivity index (χ1n) is 7.32. The van der Waals surface area contributed by atoms with Gasteiger partial charge in [0, 0.05) is 35.4 Å². The van der Waals surface area contributed by atoms with Gasteiger partial charge in [0.05, 0.1) is 17.4 Å². The van der Waals surface area contributed by atoms with Crippen molar-refractivity contribution in [3.63, 3.8) is 0 Å². The fourth-order valence-corrected chi connectivity index (χ4v) is 2.91. The maximum atomic E-state index is 13.2. The van der Waals surface area contributed by atoms with E-state index < -0.39 is 0 Å². The monoisotopic (exact) mass is 338 g/mol. The molecule has 0 aliphatic rings. The van der Waals surface area contributed by atoms with Crippen molar-refractivity contribution in [3.8, 4) is 22.5 Å². The zero-order valence-electron chi connectivity index (χ0n) is 12.7. The van der Waals surface area contributed by atoms with Crippen LogP contribution in [0.2, 0.25) is 5.02 Å². The topological polar surface area (TPSA) is 43.6 Å². The number of aromatic nitrogens is 4. The van der Waals surface area contributed by atoms with E-state index in [0.29, 0.717) is 16.4 Å². The molecule has 24 heavy (non-hydrogen) atoms. The molecule has 3 aromatic heterocycles. The number of hydrogen-bond donors (Lipinski definition) is 0. The zero-order valence-corrected chi connectivity index (χ0v) is 13.5. The van der Waals surface area contributed by atoms with Crippen molar-refractivity contribution >= 4 is 22.5 Å². The number of aryl methyl sites for hydroxylation is 1. The summed E-state index contributed by atoms with van der Waals surface area (Å²) in [6.45, 7) is 0. The van der Waals surface area contributed by atoms with Crippen molar-refractivity contribution in [2.75, 3.05) is 0 Å². The molecule has 0 aliphatic carbocycles. The van der Waals surface area contributed by atoms with Crippen molar-refractivity contribution in [2.24, 2.45) is 7.05 Å². The third kappa shape index (κ3) is 2.53. The Morgan fingerprint density at radius 3 is 2.71 bits per heavy atom. The van der Waals surface area contributed by atoms with Gasteiger partial charge >= 0.3 is 0 Å². The van der Waals surface area contributed by atoms with Gasteiger partial charge in [0.1, 0.15) is 11.5 Å². The van der Waals surface area contributed by atoms with E-state index >= 15 is 0 Å². The summed E-state index contributed by atoms with van der Waals surface area (Å²) in [4.78, 5) is 8.53. The minimum absolute atomic E-state index is 0.375. The number of benzene rings is 1. The van der Waals surface area contributed by atoms with Gasteiger partial charge in [-0.05, 0) is 35.9 Å². The van der Waals surface area contributed by atoms with E-state index in [0.717, 1.165) is 22.0 Å². The van der Waals surface area contributed by atoms with E-state index in [-0.39, 0.29) is 5.82 Å². The molecule has 3 heterocycles.